The second-order valence-corrected chi connectivity index (χ2v) is 5.49. The van der Waals surface area contributed by atoms with E-state index in [1.807, 2.05) is 31.2 Å². The lowest BCUT2D eigenvalue weighted by molar-refractivity contribution is 0.355. The van der Waals surface area contributed by atoms with Gasteiger partial charge < -0.3 is 10.5 Å². The molecule has 0 spiro atoms. The Morgan fingerprint density at radius 1 is 1.30 bits per heavy atom. The molecule has 0 radical (unpaired) electrons. The first-order valence-electron chi connectivity index (χ1n) is 6.45. The molecule has 0 aromatic heterocycles. The summed E-state index contributed by atoms with van der Waals surface area (Å²) in [7, 11) is 0. The molecule has 0 aliphatic heterocycles. The van der Waals surface area contributed by atoms with E-state index in [2.05, 4.69) is 12.1 Å². The highest BCUT2D eigenvalue weighted by atomic mass is 35.5. The van der Waals surface area contributed by atoms with Gasteiger partial charge in [0, 0.05) is 17.1 Å². The van der Waals surface area contributed by atoms with Gasteiger partial charge in [0.1, 0.15) is 12.4 Å². The Kier molecular flexibility index (Phi) is 5.30. The highest BCUT2D eigenvalue weighted by Crippen LogP contribution is 2.29. The maximum Gasteiger partial charge on any atom is 0.125 e. The summed E-state index contributed by atoms with van der Waals surface area (Å²) in [6.45, 7) is 2.24. The lowest BCUT2D eigenvalue weighted by Crippen LogP contribution is -2.18. The summed E-state index contributed by atoms with van der Waals surface area (Å²) < 4.78 is 5.76. The van der Waals surface area contributed by atoms with Crippen LogP contribution in [0.15, 0.2) is 47.0 Å². The molecule has 0 aliphatic rings. The Balaban J connectivity index is 2.41. The molecule has 0 heterocycles. The van der Waals surface area contributed by atoms with Crippen LogP contribution in [-0.2, 0) is 6.42 Å². The molecular weight excluding hydrogens is 293 g/mol. The van der Waals surface area contributed by atoms with Crippen molar-refractivity contribution in [1.29, 1.82) is 0 Å². The summed E-state index contributed by atoms with van der Waals surface area (Å²) >= 11 is 11.4. The van der Waals surface area contributed by atoms with E-state index in [4.69, 9.17) is 33.7 Å². The normalized spacial score (nSPS) is 13.5. The van der Waals surface area contributed by atoms with Crippen LogP contribution in [0.1, 0.15) is 12.5 Å². The molecule has 1 unspecified atom stereocenters. The lowest BCUT2D eigenvalue weighted by Gasteiger charge is -2.15. The lowest BCUT2D eigenvalue weighted by atomic mass is 9.98. The number of nitrogens with two attached hydrogens (primary N) is 1. The average Bonchev–Trinajstić information content (AvgIpc) is 2.45. The number of benzene rings is 2. The standard InChI is InChI=1S/C16H17Cl2NO/c1-11(19)8-15-14-5-3-2-4-12(14)6-7-16(15)20-10-13(18)9-17/h2-7,9,11H,8,10,19H2,1H3. The van der Waals surface area contributed by atoms with Crippen molar-refractivity contribution in [3.8, 4) is 5.75 Å². The molecule has 0 saturated heterocycles. The molecule has 0 bridgehead atoms. The van der Waals surface area contributed by atoms with E-state index in [0.29, 0.717) is 5.03 Å². The molecule has 2 aromatic carbocycles. The Morgan fingerprint density at radius 2 is 2.05 bits per heavy atom. The van der Waals surface area contributed by atoms with Gasteiger partial charge in [0.05, 0.1) is 5.03 Å². The minimum atomic E-state index is 0.0576. The van der Waals surface area contributed by atoms with Crippen LogP contribution in [0.2, 0.25) is 0 Å². The van der Waals surface area contributed by atoms with Crippen molar-refractivity contribution < 1.29 is 4.74 Å². The van der Waals surface area contributed by atoms with E-state index >= 15 is 0 Å². The fraction of sp³-hybridized carbons (Fsp3) is 0.250. The zero-order chi connectivity index (χ0) is 14.5. The molecule has 4 heteroatoms. The van der Waals surface area contributed by atoms with Gasteiger partial charge in [-0.2, -0.15) is 0 Å². The fourth-order valence-electron chi connectivity index (χ4n) is 2.16. The first-order chi connectivity index (χ1) is 9.61. The molecule has 20 heavy (non-hydrogen) atoms. The van der Waals surface area contributed by atoms with Gasteiger partial charge in [-0.3, -0.25) is 0 Å². The van der Waals surface area contributed by atoms with Crippen LogP contribution in [0.5, 0.6) is 5.75 Å². The second kappa shape index (κ2) is 6.98. The topological polar surface area (TPSA) is 35.2 Å². The Hall–Kier alpha value is -1.22. The minimum absolute atomic E-state index is 0.0576. The molecular formula is C16H17Cl2NO. The molecule has 0 fully saturated rings. The molecule has 2 N–H and O–H groups in total. The number of hydrogen-bond acceptors (Lipinski definition) is 2. The maximum absolute atomic E-state index is 5.95. The van der Waals surface area contributed by atoms with Gasteiger partial charge >= 0.3 is 0 Å². The maximum atomic E-state index is 5.95. The van der Waals surface area contributed by atoms with Gasteiger partial charge in [-0.25, -0.2) is 0 Å². The third-order valence-electron chi connectivity index (χ3n) is 3.01. The predicted octanol–water partition coefficient (Wildman–Crippen LogP) is 4.43. The predicted molar refractivity (Wildman–Crippen MR) is 86.6 cm³/mol. The monoisotopic (exact) mass is 309 g/mol. The molecule has 1 atom stereocenters. The molecule has 0 amide bonds. The van der Waals surface area contributed by atoms with Gasteiger partial charge in [-0.15, -0.1) is 0 Å². The van der Waals surface area contributed by atoms with Gasteiger partial charge in [-0.05, 0) is 30.2 Å². The highest BCUT2D eigenvalue weighted by molar-refractivity contribution is 6.36. The van der Waals surface area contributed by atoms with Crippen molar-refractivity contribution in [2.45, 2.75) is 19.4 Å². The van der Waals surface area contributed by atoms with Crippen molar-refractivity contribution in [3.63, 3.8) is 0 Å². The first-order valence-corrected chi connectivity index (χ1v) is 7.27. The number of rotatable bonds is 5. The molecule has 0 aliphatic carbocycles. The summed E-state index contributed by atoms with van der Waals surface area (Å²) in [6.07, 6.45) is 0.749. The first kappa shape index (κ1) is 15.2. The van der Waals surface area contributed by atoms with Crippen LogP contribution in [0, 0.1) is 0 Å². The number of halogens is 2. The molecule has 2 aromatic rings. The van der Waals surface area contributed by atoms with Crippen LogP contribution in [-0.4, -0.2) is 12.6 Å². The van der Waals surface area contributed by atoms with Crippen molar-refractivity contribution in [1.82, 2.24) is 0 Å². The van der Waals surface area contributed by atoms with Crippen molar-refractivity contribution in [2.75, 3.05) is 6.61 Å². The summed E-state index contributed by atoms with van der Waals surface area (Å²) in [4.78, 5) is 0. The van der Waals surface area contributed by atoms with Crippen LogP contribution in [0.4, 0.5) is 0 Å². The van der Waals surface area contributed by atoms with Crippen LogP contribution in [0.3, 0.4) is 0 Å². The highest BCUT2D eigenvalue weighted by Gasteiger charge is 2.11. The van der Waals surface area contributed by atoms with Crippen molar-refractivity contribution >= 4 is 34.0 Å². The Morgan fingerprint density at radius 3 is 2.75 bits per heavy atom. The Bertz CT molecular complexity index is 623. The minimum Gasteiger partial charge on any atom is -0.488 e. The van der Waals surface area contributed by atoms with E-state index in [-0.39, 0.29) is 12.6 Å². The number of ether oxygens (including phenoxy) is 1. The van der Waals surface area contributed by atoms with E-state index in [0.717, 1.165) is 23.1 Å². The average molecular weight is 310 g/mol. The summed E-state index contributed by atoms with van der Waals surface area (Å²) in [5.41, 5.74) is 8.37. The number of hydrogen-bond donors (Lipinski definition) is 1. The van der Waals surface area contributed by atoms with Crippen molar-refractivity contribution in [2.24, 2.45) is 5.73 Å². The summed E-state index contributed by atoms with van der Waals surface area (Å²) in [6, 6.07) is 12.2. The van der Waals surface area contributed by atoms with E-state index < -0.39 is 0 Å². The molecule has 2 rings (SSSR count). The van der Waals surface area contributed by atoms with E-state index in [1.165, 1.54) is 10.9 Å². The van der Waals surface area contributed by atoms with Crippen LogP contribution < -0.4 is 10.5 Å². The van der Waals surface area contributed by atoms with Crippen LogP contribution in [0.25, 0.3) is 10.8 Å². The zero-order valence-corrected chi connectivity index (χ0v) is 12.8. The largest absolute Gasteiger partial charge is 0.488 e. The Labute approximate surface area is 129 Å². The second-order valence-electron chi connectivity index (χ2n) is 4.79. The third kappa shape index (κ3) is 3.66. The van der Waals surface area contributed by atoms with Gasteiger partial charge in [0.15, 0.2) is 0 Å². The van der Waals surface area contributed by atoms with Crippen LogP contribution >= 0.6 is 23.2 Å². The van der Waals surface area contributed by atoms with Crippen molar-refractivity contribution in [3.05, 3.63) is 52.5 Å². The quantitative estimate of drug-likeness (QED) is 0.887. The van der Waals surface area contributed by atoms with Gasteiger partial charge in [0.25, 0.3) is 0 Å². The zero-order valence-electron chi connectivity index (χ0n) is 11.3. The SMILES string of the molecule is CC(N)Cc1c(OCC(Cl)=CCl)ccc2ccccc12. The third-order valence-corrected chi connectivity index (χ3v) is 3.60. The number of fused-ring (bicyclic) bond motifs is 1. The smallest absolute Gasteiger partial charge is 0.125 e. The summed E-state index contributed by atoms with van der Waals surface area (Å²) in [5, 5.41) is 2.80. The van der Waals surface area contributed by atoms with E-state index in [1.54, 1.807) is 0 Å². The van der Waals surface area contributed by atoms with E-state index in [9.17, 15) is 0 Å². The summed E-state index contributed by atoms with van der Waals surface area (Å²) in [5.74, 6) is 0.803. The van der Waals surface area contributed by atoms with Gasteiger partial charge in [0.2, 0.25) is 0 Å². The molecule has 2 nitrogen and oxygen atoms in total. The van der Waals surface area contributed by atoms with Gasteiger partial charge in [-0.1, -0.05) is 53.5 Å². The molecule has 0 saturated carbocycles. The molecule has 106 valence electrons. The fourth-order valence-corrected chi connectivity index (χ4v) is 2.28.